The van der Waals surface area contributed by atoms with E-state index in [1.807, 2.05) is 0 Å². The van der Waals surface area contributed by atoms with Crippen LogP contribution in [0.5, 0.6) is 0 Å². The van der Waals surface area contributed by atoms with E-state index < -0.39 is 11.7 Å². The second-order valence-electron chi connectivity index (χ2n) is 3.47. The normalized spacial score (nSPS) is 11.6. The van der Waals surface area contributed by atoms with E-state index in [2.05, 4.69) is 5.10 Å². The van der Waals surface area contributed by atoms with Crippen molar-refractivity contribution in [1.82, 2.24) is 9.78 Å². The second kappa shape index (κ2) is 4.45. The zero-order valence-corrected chi connectivity index (χ0v) is 9.53. The SMILES string of the molecule is O=Cc1cccc(Cl)c1-n1cc(C(F)(F)F)cn1. The molecule has 2 rings (SSSR count). The molecule has 18 heavy (non-hydrogen) atoms. The van der Waals surface area contributed by atoms with Crippen molar-refractivity contribution in [2.45, 2.75) is 6.18 Å². The molecule has 0 saturated heterocycles. The summed E-state index contributed by atoms with van der Waals surface area (Å²) in [4.78, 5) is 10.8. The number of para-hydroxylation sites is 1. The lowest BCUT2D eigenvalue weighted by Crippen LogP contribution is -2.04. The molecule has 0 saturated carbocycles. The van der Waals surface area contributed by atoms with Gasteiger partial charge in [-0.25, -0.2) is 4.68 Å². The molecule has 0 aliphatic carbocycles. The van der Waals surface area contributed by atoms with E-state index in [0.717, 1.165) is 10.9 Å². The summed E-state index contributed by atoms with van der Waals surface area (Å²) in [6.07, 6.45) is -2.51. The van der Waals surface area contributed by atoms with Crippen LogP contribution in [0.3, 0.4) is 0 Å². The van der Waals surface area contributed by atoms with Crippen molar-refractivity contribution < 1.29 is 18.0 Å². The van der Waals surface area contributed by atoms with Crippen LogP contribution in [0.1, 0.15) is 15.9 Å². The van der Waals surface area contributed by atoms with Gasteiger partial charge in [0.2, 0.25) is 0 Å². The standard InChI is InChI=1S/C11H6ClF3N2O/c12-9-3-1-2-7(6-18)10(9)17-5-8(4-16-17)11(13,14)15/h1-6H. The van der Waals surface area contributed by atoms with Gasteiger partial charge in [-0.3, -0.25) is 4.79 Å². The fourth-order valence-electron chi connectivity index (χ4n) is 1.46. The van der Waals surface area contributed by atoms with Gasteiger partial charge >= 0.3 is 6.18 Å². The molecule has 0 bridgehead atoms. The number of carbonyl (C=O) groups is 1. The number of hydrogen-bond acceptors (Lipinski definition) is 2. The highest BCUT2D eigenvalue weighted by atomic mass is 35.5. The Balaban J connectivity index is 2.56. The van der Waals surface area contributed by atoms with Crippen LogP contribution in [0.4, 0.5) is 13.2 Å². The molecule has 1 aromatic heterocycles. The van der Waals surface area contributed by atoms with Gasteiger partial charge in [0.05, 0.1) is 22.5 Å². The third-order valence-electron chi connectivity index (χ3n) is 2.28. The Hall–Kier alpha value is -1.82. The van der Waals surface area contributed by atoms with E-state index in [-0.39, 0.29) is 16.3 Å². The molecular weight excluding hydrogens is 269 g/mol. The first-order valence-corrected chi connectivity index (χ1v) is 5.17. The van der Waals surface area contributed by atoms with Crippen LogP contribution in [-0.4, -0.2) is 16.1 Å². The number of aldehydes is 1. The Kier molecular flexibility index (Phi) is 3.13. The molecule has 0 atom stereocenters. The first-order valence-electron chi connectivity index (χ1n) is 4.79. The number of benzene rings is 1. The average molecular weight is 275 g/mol. The summed E-state index contributed by atoms with van der Waals surface area (Å²) >= 11 is 5.87. The molecule has 0 amide bonds. The number of aromatic nitrogens is 2. The van der Waals surface area contributed by atoms with Crippen LogP contribution >= 0.6 is 11.6 Å². The summed E-state index contributed by atoms with van der Waals surface area (Å²) in [5, 5.41) is 3.73. The Labute approximate surface area is 105 Å². The predicted molar refractivity (Wildman–Crippen MR) is 59.0 cm³/mol. The molecule has 1 heterocycles. The maximum absolute atomic E-state index is 12.4. The molecular formula is C11H6ClF3N2O. The summed E-state index contributed by atoms with van der Waals surface area (Å²) in [6, 6.07) is 4.45. The first-order chi connectivity index (χ1) is 8.43. The number of rotatable bonds is 2. The van der Waals surface area contributed by atoms with Gasteiger partial charge in [-0.1, -0.05) is 17.7 Å². The Morgan fingerprint density at radius 1 is 1.33 bits per heavy atom. The third-order valence-corrected chi connectivity index (χ3v) is 2.59. The monoisotopic (exact) mass is 274 g/mol. The van der Waals surface area contributed by atoms with Crippen LogP contribution in [0.25, 0.3) is 5.69 Å². The summed E-state index contributed by atoms with van der Waals surface area (Å²) in [5.74, 6) is 0. The largest absolute Gasteiger partial charge is 0.419 e. The highest BCUT2D eigenvalue weighted by Crippen LogP contribution is 2.30. The fourth-order valence-corrected chi connectivity index (χ4v) is 1.73. The zero-order valence-electron chi connectivity index (χ0n) is 8.78. The van der Waals surface area contributed by atoms with Gasteiger partial charge in [0.25, 0.3) is 0 Å². The van der Waals surface area contributed by atoms with Crippen molar-refractivity contribution in [3.63, 3.8) is 0 Å². The number of halogens is 4. The highest BCUT2D eigenvalue weighted by molar-refractivity contribution is 6.32. The van der Waals surface area contributed by atoms with E-state index >= 15 is 0 Å². The van der Waals surface area contributed by atoms with Crippen molar-refractivity contribution in [3.05, 3.63) is 46.7 Å². The molecule has 2 aromatic rings. The molecule has 0 aliphatic rings. The highest BCUT2D eigenvalue weighted by Gasteiger charge is 2.32. The van der Waals surface area contributed by atoms with Crippen LogP contribution in [0.15, 0.2) is 30.6 Å². The molecule has 94 valence electrons. The zero-order chi connectivity index (χ0) is 13.3. The minimum atomic E-state index is -4.49. The lowest BCUT2D eigenvalue weighted by molar-refractivity contribution is -0.137. The minimum absolute atomic E-state index is 0.129. The van der Waals surface area contributed by atoms with Gasteiger partial charge in [0.1, 0.15) is 0 Å². The molecule has 0 spiro atoms. The summed E-state index contributed by atoms with van der Waals surface area (Å²) in [6.45, 7) is 0. The molecule has 0 radical (unpaired) electrons. The van der Waals surface area contributed by atoms with Crippen molar-refractivity contribution in [2.24, 2.45) is 0 Å². The first kappa shape index (κ1) is 12.6. The lowest BCUT2D eigenvalue weighted by atomic mass is 10.2. The van der Waals surface area contributed by atoms with Gasteiger partial charge in [0, 0.05) is 11.8 Å². The van der Waals surface area contributed by atoms with Gasteiger partial charge in [-0.15, -0.1) is 0 Å². The molecule has 0 N–H and O–H groups in total. The molecule has 0 unspecified atom stereocenters. The molecule has 1 aromatic carbocycles. The Bertz CT molecular complexity index is 592. The van der Waals surface area contributed by atoms with E-state index in [9.17, 15) is 18.0 Å². The quantitative estimate of drug-likeness (QED) is 0.787. The van der Waals surface area contributed by atoms with Crippen molar-refractivity contribution in [3.8, 4) is 5.69 Å². The summed E-state index contributed by atoms with van der Waals surface area (Å²) in [5.41, 5.74) is -0.608. The van der Waals surface area contributed by atoms with E-state index in [1.54, 1.807) is 0 Å². The maximum Gasteiger partial charge on any atom is 0.419 e. The number of nitrogens with zero attached hydrogens (tertiary/aromatic N) is 2. The second-order valence-corrected chi connectivity index (χ2v) is 3.87. The van der Waals surface area contributed by atoms with Crippen LogP contribution in [0, 0.1) is 0 Å². The molecule has 0 aliphatic heterocycles. The Morgan fingerprint density at radius 3 is 2.61 bits per heavy atom. The topological polar surface area (TPSA) is 34.9 Å². The smallest absolute Gasteiger partial charge is 0.298 e. The summed E-state index contributed by atoms with van der Waals surface area (Å²) in [7, 11) is 0. The summed E-state index contributed by atoms with van der Waals surface area (Å²) < 4.78 is 38.3. The van der Waals surface area contributed by atoms with E-state index in [4.69, 9.17) is 11.6 Å². The predicted octanol–water partition coefficient (Wildman–Crippen LogP) is 3.36. The number of carbonyl (C=O) groups excluding carboxylic acids is 1. The molecule has 0 fully saturated rings. The molecule has 7 heteroatoms. The van der Waals surface area contributed by atoms with Crippen molar-refractivity contribution in [2.75, 3.05) is 0 Å². The van der Waals surface area contributed by atoms with Crippen molar-refractivity contribution >= 4 is 17.9 Å². The number of hydrogen-bond donors (Lipinski definition) is 0. The van der Waals surface area contributed by atoms with E-state index in [1.165, 1.54) is 18.2 Å². The fraction of sp³-hybridized carbons (Fsp3) is 0.0909. The third kappa shape index (κ3) is 2.24. The lowest BCUT2D eigenvalue weighted by Gasteiger charge is -2.07. The van der Waals surface area contributed by atoms with Crippen LogP contribution in [-0.2, 0) is 6.18 Å². The van der Waals surface area contributed by atoms with Crippen LogP contribution in [0.2, 0.25) is 5.02 Å². The van der Waals surface area contributed by atoms with Crippen LogP contribution < -0.4 is 0 Å². The minimum Gasteiger partial charge on any atom is -0.298 e. The maximum atomic E-state index is 12.4. The van der Waals surface area contributed by atoms with Crippen molar-refractivity contribution in [1.29, 1.82) is 0 Å². The Morgan fingerprint density at radius 2 is 2.06 bits per heavy atom. The van der Waals surface area contributed by atoms with Gasteiger partial charge < -0.3 is 0 Å². The van der Waals surface area contributed by atoms with E-state index in [0.29, 0.717) is 12.5 Å². The van der Waals surface area contributed by atoms with Gasteiger partial charge in [0.15, 0.2) is 6.29 Å². The van der Waals surface area contributed by atoms with Gasteiger partial charge in [-0.05, 0) is 12.1 Å². The molecule has 3 nitrogen and oxygen atoms in total. The average Bonchev–Trinajstić information content (AvgIpc) is 2.77. The van der Waals surface area contributed by atoms with Gasteiger partial charge in [-0.2, -0.15) is 18.3 Å². The number of alkyl halides is 3.